The van der Waals surface area contributed by atoms with Crippen molar-refractivity contribution in [3.8, 4) is 0 Å². The number of carbonyl (C=O) groups is 2. The van der Waals surface area contributed by atoms with Gasteiger partial charge in [-0.2, -0.15) is 0 Å². The monoisotopic (exact) mass is 365 g/mol. The molecule has 1 aromatic heterocycles. The smallest absolute Gasteiger partial charge is 0.326 e. The number of anilines is 1. The Kier molecular flexibility index (Phi) is 5.61. The Balaban J connectivity index is 1.59. The minimum atomic E-state index is -0.687. The van der Waals surface area contributed by atoms with Crippen LogP contribution in [0.3, 0.4) is 0 Å². The molecule has 3 aromatic rings. The normalized spacial score (nSPS) is 10.6. The molecule has 3 rings (SSSR count). The molecular weight excluding hydrogens is 346 g/mol. The fourth-order valence-electron chi connectivity index (χ4n) is 2.69. The third-order valence-electron chi connectivity index (χ3n) is 4.07. The molecule has 0 atom stereocenters. The Morgan fingerprint density at radius 1 is 1.11 bits per heavy atom. The van der Waals surface area contributed by atoms with Crippen LogP contribution in [-0.4, -0.2) is 28.0 Å². The number of hydrogen-bond acceptors (Lipinski definition) is 5. The fourth-order valence-corrected chi connectivity index (χ4v) is 2.69. The lowest BCUT2D eigenvalue weighted by Gasteiger charge is -2.10. The first-order valence-corrected chi connectivity index (χ1v) is 8.56. The van der Waals surface area contributed by atoms with Gasteiger partial charge in [-0.15, -0.1) is 0 Å². The summed E-state index contributed by atoms with van der Waals surface area (Å²) >= 11 is 0. The van der Waals surface area contributed by atoms with E-state index in [1.807, 2.05) is 25.1 Å². The summed E-state index contributed by atoms with van der Waals surface area (Å²) in [4.78, 5) is 40.5. The lowest BCUT2D eigenvalue weighted by atomic mass is 10.1. The molecule has 2 aromatic carbocycles. The molecule has 138 valence electrons. The summed E-state index contributed by atoms with van der Waals surface area (Å²) in [6.45, 7) is 1.25. The topological polar surface area (TPSA) is 90.3 Å². The van der Waals surface area contributed by atoms with Crippen LogP contribution < -0.4 is 10.9 Å². The Morgan fingerprint density at radius 3 is 2.67 bits per heavy atom. The number of hydrogen-bond donors (Lipinski definition) is 1. The molecule has 0 spiro atoms. The highest BCUT2D eigenvalue weighted by Crippen LogP contribution is 2.15. The van der Waals surface area contributed by atoms with Crippen LogP contribution in [0.15, 0.2) is 59.7 Å². The molecular formula is C20H19N3O4. The maximum Gasteiger partial charge on any atom is 0.326 e. The molecule has 7 nitrogen and oxygen atoms in total. The number of benzene rings is 2. The van der Waals surface area contributed by atoms with E-state index in [4.69, 9.17) is 4.74 Å². The van der Waals surface area contributed by atoms with E-state index in [1.165, 1.54) is 6.33 Å². The van der Waals surface area contributed by atoms with Crippen molar-refractivity contribution in [2.24, 2.45) is 0 Å². The molecule has 27 heavy (non-hydrogen) atoms. The van der Waals surface area contributed by atoms with Crippen LogP contribution in [0.1, 0.15) is 12.5 Å². The summed E-state index contributed by atoms with van der Waals surface area (Å²) in [7, 11) is 0. The highest BCUT2D eigenvalue weighted by Gasteiger charge is 2.12. The van der Waals surface area contributed by atoms with E-state index >= 15 is 0 Å². The number of amides is 1. The average Bonchev–Trinajstić information content (AvgIpc) is 2.69. The second-order valence-electron chi connectivity index (χ2n) is 5.91. The molecule has 0 unspecified atom stereocenters. The first kappa shape index (κ1) is 18.3. The van der Waals surface area contributed by atoms with Gasteiger partial charge in [-0.05, 0) is 30.2 Å². The van der Waals surface area contributed by atoms with Crippen molar-refractivity contribution in [3.05, 3.63) is 70.8 Å². The second kappa shape index (κ2) is 8.27. The lowest BCUT2D eigenvalue weighted by Crippen LogP contribution is -2.28. The van der Waals surface area contributed by atoms with Crippen LogP contribution in [0.5, 0.6) is 0 Å². The Morgan fingerprint density at radius 2 is 1.85 bits per heavy atom. The SMILES string of the molecule is CCc1ccccc1NC(=O)COC(=O)Cn1cnc2ccccc2c1=O. The number of carbonyl (C=O) groups excluding carboxylic acids is 2. The van der Waals surface area contributed by atoms with E-state index in [2.05, 4.69) is 10.3 Å². The molecule has 1 N–H and O–H groups in total. The zero-order valence-electron chi connectivity index (χ0n) is 14.8. The third-order valence-corrected chi connectivity index (χ3v) is 4.07. The maximum atomic E-state index is 12.3. The largest absolute Gasteiger partial charge is 0.454 e. The van der Waals surface area contributed by atoms with Crippen LogP contribution in [0, 0.1) is 0 Å². The number of ether oxygens (including phenoxy) is 1. The standard InChI is InChI=1S/C20H19N3O4/c1-2-14-7-3-5-9-16(14)22-18(24)12-27-19(25)11-23-13-21-17-10-6-4-8-15(17)20(23)26/h3-10,13H,2,11-12H2,1H3,(H,22,24). The van der Waals surface area contributed by atoms with Gasteiger partial charge in [0.2, 0.25) is 0 Å². The Hall–Kier alpha value is -3.48. The van der Waals surface area contributed by atoms with Crippen LogP contribution in [-0.2, 0) is 27.3 Å². The summed E-state index contributed by atoms with van der Waals surface area (Å²) in [6, 6.07) is 14.3. The summed E-state index contributed by atoms with van der Waals surface area (Å²) < 4.78 is 6.14. The van der Waals surface area contributed by atoms with Crippen LogP contribution in [0.2, 0.25) is 0 Å². The maximum absolute atomic E-state index is 12.3. The average molecular weight is 365 g/mol. The number of para-hydroxylation sites is 2. The molecule has 0 aliphatic heterocycles. The van der Waals surface area contributed by atoms with Crippen molar-refractivity contribution < 1.29 is 14.3 Å². The summed E-state index contributed by atoms with van der Waals surface area (Å²) in [5, 5.41) is 3.14. The third kappa shape index (κ3) is 4.38. The predicted molar refractivity (Wildman–Crippen MR) is 101 cm³/mol. The molecule has 0 saturated carbocycles. The predicted octanol–water partition coefficient (Wildman–Crippen LogP) is 2.14. The summed E-state index contributed by atoms with van der Waals surface area (Å²) in [5.74, 6) is -1.12. The van der Waals surface area contributed by atoms with Gasteiger partial charge in [0.15, 0.2) is 6.61 Å². The van der Waals surface area contributed by atoms with E-state index in [1.54, 1.807) is 30.3 Å². The molecule has 7 heteroatoms. The molecule has 1 heterocycles. The molecule has 0 aliphatic rings. The van der Waals surface area contributed by atoms with Crippen molar-refractivity contribution >= 4 is 28.5 Å². The van der Waals surface area contributed by atoms with Gasteiger partial charge in [-0.25, -0.2) is 4.98 Å². The van der Waals surface area contributed by atoms with Crippen molar-refractivity contribution in [2.75, 3.05) is 11.9 Å². The second-order valence-corrected chi connectivity index (χ2v) is 5.91. The summed E-state index contributed by atoms with van der Waals surface area (Å²) in [6.07, 6.45) is 2.07. The lowest BCUT2D eigenvalue weighted by molar-refractivity contribution is -0.147. The van der Waals surface area contributed by atoms with Gasteiger partial charge >= 0.3 is 5.97 Å². The van der Waals surface area contributed by atoms with E-state index in [-0.39, 0.29) is 12.1 Å². The Labute approximate surface area is 155 Å². The number of nitrogens with zero attached hydrogens (tertiary/aromatic N) is 2. The molecule has 0 bridgehead atoms. The Bertz CT molecular complexity index is 1040. The first-order chi connectivity index (χ1) is 13.1. The van der Waals surface area contributed by atoms with Gasteiger partial charge in [-0.3, -0.25) is 19.0 Å². The van der Waals surface area contributed by atoms with Crippen LogP contribution >= 0.6 is 0 Å². The fraction of sp³-hybridized carbons (Fsp3) is 0.200. The van der Waals surface area contributed by atoms with E-state index < -0.39 is 18.5 Å². The number of aryl methyl sites for hydroxylation is 1. The molecule has 1 amide bonds. The van der Waals surface area contributed by atoms with Gasteiger partial charge in [-0.1, -0.05) is 37.3 Å². The van der Waals surface area contributed by atoms with E-state index in [9.17, 15) is 14.4 Å². The number of fused-ring (bicyclic) bond motifs is 1. The highest BCUT2D eigenvalue weighted by atomic mass is 16.5. The summed E-state index contributed by atoms with van der Waals surface area (Å²) in [5.41, 5.74) is 1.90. The number of esters is 1. The molecule has 0 radical (unpaired) electrons. The van der Waals surface area contributed by atoms with Crippen LogP contribution in [0.25, 0.3) is 10.9 Å². The quantitative estimate of drug-likeness (QED) is 0.676. The highest BCUT2D eigenvalue weighted by molar-refractivity contribution is 5.93. The number of aromatic nitrogens is 2. The van der Waals surface area contributed by atoms with E-state index in [0.29, 0.717) is 16.6 Å². The molecule has 0 aliphatic carbocycles. The van der Waals surface area contributed by atoms with Gasteiger partial charge in [0.05, 0.1) is 17.2 Å². The zero-order valence-corrected chi connectivity index (χ0v) is 14.8. The first-order valence-electron chi connectivity index (χ1n) is 8.56. The minimum Gasteiger partial charge on any atom is -0.454 e. The van der Waals surface area contributed by atoms with E-state index in [0.717, 1.165) is 16.6 Å². The van der Waals surface area contributed by atoms with Crippen LogP contribution in [0.4, 0.5) is 5.69 Å². The minimum absolute atomic E-state index is 0.310. The zero-order chi connectivity index (χ0) is 19.2. The van der Waals surface area contributed by atoms with Crippen molar-refractivity contribution in [1.82, 2.24) is 9.55 Å². The van der Waals surface area contributed by atoms with Crippen molar-refractivity contribution in [2.45, 2.75) is 19.9 Å². The number of rotatable bonds is 6. The molecule has 0 saturated heterocycles. The van der Waals surface area contributed by atoms with Gasteiger partial charge in [0.25, 0.3) is 11.5 Å². The van der Waals surface area contributed by atoms with Gasteiger partial charge in [0.1, 0.15) is 6.54 Å². The van der Waals surface area contributed by atoms with Gasteiger partial charge in [0, 0.05) is 5.69 Å². The molecule has 0 fully saturated rings. The number of nitrogens with one attached hydrogen (secondary N) is 1. The van der Waals surface area contributed by atoms with Crippen molar-refractivity contribution in [3.63, 3.8) is 0 Å². The van der Waals surface area contributed by atoms with Gasteiger partial charge < -0.3 is 10.1 Å². The van der Waals surface area contributed by atoms with Crippen molar-refractivity contribution in [1.29, 1.82) is 0 Å².